The predicted octanol–water partition coefficient (Wildman–Crippen LogP) is 2.36. The van der Waals surface area contributed by atoms with Crippen molar-refractivity contribution in [1.82, 2.24) is 0 Å². The Morgan fingerprint density at radius 2 is 2.12 bits per heavy atom. The number of hydrogen-bond donors (Lipinski definition) is 1. The zero-order chi connectivity index (χ0) is 11.3. The second kappa shape index (κ2) is 6.58. The van der Waals surface area contributed by atoms with Gasteiger partial charge in [0.05, 0.1) is 16.3 Å². The second-order valence-electron chi connectivity index (χ2n) is 2.90. The van der Waals surface area contributed by atoms with Crippen molar-refractivity contribution in [3.05, 3.63) is 46.1 Å². The van der Waals surface area contributed by atoms with E-state index in [1.165, 1.54) is 12.3 Å². The maximum absolute atomic E-state index is 10.6. The Bertz CT molecular complexity index is 426. The molecule has 86 valence electrons. The zero-order valence-electron chi connectivity index (χ0n) is 8.66. The molecule has 0 aromatic heterocycles. The summed E-state index contributed by atoms with van der Waals surface area (Å²) in [4.78, 5) is 14.0. The van der Waals surface area contributed by atoms with Gasteiger partial charge in [0.1, 0.15) is 0 Å². The lowest BCUT2D eigenvalue weighted by Gasteiger charge is -1.95. The molecule has 0 aliphatic heterocycles. The third-order valence-electron chi connectivity index (χ3n) is 1.67. The second-order valence-corrected chi connectivity index (χ2v) is 2.90. The first-order valence-corrected chi connectivity index (χ1v) is 4.31. The maximum atomic E-state index is 10.6. The van der Waals surface area contributed by atoms with Crippen LogP contribution < -0.4 is 5.73 Å². The summed E-state index contributed by atoms with van der Waals surface area (Å²) in [5.41, 5.74) is 5.88. The average molecular weight is 242 g/mol. The number of nitrogens with two attached hydrogens (primary N) is 1. The lowest BCUT2D eigenvalue weighted by atomic mass is 10.2. The Hall–Kier alpha value is -1.88. The SMILES string of the molecule is CC(N)=N/C=C/c1ccccc1[N+](=O)[O-].Cl. The molecule has 1 aromatic carbocycles. The van der Waals surface area contributed by atoms with Crippen molar-refractivity contribution < 1.29 is 4.92 Å². The minimum atomic E-state index is -0.432. The lowest BCUT2D eigenvalue weighted by molar-refractivity contribution is -0.385. The molecule has 0 fully saturated rings. The van der Waals surface area contributed by atoms with Gasteiger partial charge in [-0.3, -0.25) is 10.1 Å². The first-order valence-electron chi connectivity index (χ1n) is 4.31. The summed E-state index contributed by atoms with van der Waals surface area (Å²) in [6.07, 6.45) is 2.99. The molecule has 1 aromatic rings. The van der Waals surface area contributed by atoms with Crippen LogP contribution in [-0.2, 0) is 0 Å². The van der Waals surface area contributed by atoms with E-state index in [4.69, 9.17) is 5.73 Å². The first-order chi connectivity index (χ1) is 7.11. The number of rotatable bonds is 3. The minimum absolute atomic E-state index is 0. The van der Waals surface area contributed by atoms with Crippen LogP contribution in [0, 0.1) is 10.1 Å². The zero-order valence-corrected chi connectivity index (χ0v) is 9.48. The summed E-state index contributed by atoms with van der Waals surface area (Å²) in [5.74, 6) is 0.407. The summed E-state index contributed by atoms with van der Waals surface area (Å²) in [6, 6.07) is 6.44. The molecule has 1 rings (SSSR count). The van der Waals surface area contributed by atoms with E-state index in [1.807, 2.05) is 0 Å². The van der Waals surface area contributed by atoms with Crippen molar-refractivity contribution >= 4 is 30.0 Å². The van der Waals surface area contributed by atoms with Gasteiger partial charge in [-0.25, -0.2) is 4.99 Å². The fourth-order valence-electron chi connectivity index (χ4n) is 1.03. The highest BCUT2D eigenvalue weighted by atomic mass is 35.5. The molecule has 0 saturated carbocycles. The molecule has 16 heavy (non-hydrogen) atoms. The molecule has 0 spiro atoms. The number of nitro groups is 1. The van der Waals surface area contributed by atoms with Crippen molar-refractivity contribution in [1.29, 1.82) is 0 Å². The van der Waals surface area contributed by atoms with E-state index in [0.29, 0.717) is 11.4 Å². The average Bonchev–Trinajstić information content (AvgIpc) is 2.17. The summed E-state index contributed by atoms with van der Waals surface area (Å²) in [5, 5.41) is 10.6. The normalized spacial score (nSPS) is 11.2. The Balaban J connectivity index is 0.00000225. The van der Waals surface area contributed by atoms with Crippen LogP contribution in [0.5, 0.6) is 0 Å². The monoisotopic (exact) mass is 241 g/mol. The molecule has 0 aliphatic carbocycles. The minimum Gasteiger partial charge on any atom is -0.387 e. The Kier molecular flexibility index (Phi) is 5.80. The van der Waals surface area contributed by atoms with Crippen LogP contribution in [0.3, 0.4) is 0 Å². The van der Waals surface area contributed by atoms with Gasteiger partial charge in [-0.1, -0.05) is 12.1 Å². The Labute approximate surface area is 99.2 Å². The number of aliphatic imine (C=N–C) groups is 1. The molecule has 5 nitrogen and oxygen atoms in total. The third-order valence-corrected chi connectivity index (χ3v) is 1.67. The molecular formula is C10H12ClN3O2. The maximum Gasteiger partial charge on any atom is 0.276 e. The fraction of sp³-hybridized carbons (Fsp3) is 0.100. The van der Waals surface area contributed by atoms with Gasteiger partial charge in [-0.15, -0.1) is 12.4 Å². The highest BCUT2D eigenvalue weighted by Crippen LogP contribution is 2.18. The molecule has 0 amide bonds. The molecule has 0 bridgehead atoms. The van der Waals surface area contributed by atoms with Gasteiger partial charge in [-0.2, -0.15) is 0 Å². The van der Waals surface area contributed by atoms with Crippen LogP contribution in [0.4, 0.5) is 5.69 Å². The van der Waals surface area contributed by atoms with E-state index in [1.54, 1.807) is 31.2 Å². The lowest BCUT2D eigenvalue weighted by Crippen LogP contribution is -2.03. The van der Waals surface area contributed by atoms with E-state index < -0.39 is 4.92 Å². The van der Waals surface area contributed by atoms with Crippen LogP contribution in [0.1, 0.15) is 12.5 Å². The van der Waals surface area contributed by atoms with Crippen LogP contribution in [0.2, 0.25) is 0 Å². The molecule has 0 atom stereocenters. The number of halogens is 1. The van der Waals surface area contributed by atoms with E-state index in [0.717, 1.165) is 0 Å². The van der Waals surface area contributed by atoms with Gasteiger partial charge in [0.25, 0.3) is 5.69 Å². The van der Waals surface area contributed by atoms with Crippen molar-refractivity contribution in [2.75, 3.05) is 0 Å². The largest absolute Gasteiger partial charge is 0.387 e. The molecule has 0 aliphatic rings. The predicted molar refractivity (Wildman–Crippen MR) is 66.7 cm³/mol. The third kappa shape index (κ3) is 4.10. The smallest absolute Gasteiger partial charge is 0.276 e. The Morgan fingerprint density at radius 3 is 2.69 bits per heavy atom. The highest BCUT2D eigenvalue weighted by molar-refractivity contribution is 5.85. The van der Waals surface area contributed by atoms with Crippen LogP contribution in [0.25, 0.3) is 6.08 Å². The van der Waals surface area contributed by atoms with Crippen molar-refractivity contribution in [2.24, 2.45) is 10.7 Å². The van der Waals surface area contributed by atoms with Gasteiger partial charge in [0, 0.05) is 12.3 Å². The molecule has 0 unspecified atom stereocenters. The molecule has 6 heteroatoms. The summed E-state index contributed by atoms with van der Waals surface area (Å²) in [7, 11) is 0. The van der Waals surface area contributed by atoms with Gasteiger partial charge < -0.3 is 5.73 Å². The van der Waals surface area contributed by atoms with Gasteiger partial charge >= 0.3 is 0 Å². The topological polar surface area (TPSA) is 81.5 Å². The first kappa shape index (κ1) is 14.1. The molecule has 0 heterocycles. The van der Waals surface area contributed by atoms with E-state index >= 15 is 0 Å². The summed E-state index contributed by atoms with van der Waals surface area (Å²) in [6.45, 7) is 1.64. The molecule has 0 radical (unpaired) electrons. The standard InChI is InChI=1S/C10H11N3O2.ClH/c1-8(11)12-7-6-9-4-2-3-5-10(9)13(14)15;/h2-7H,1H3,(H2,11,12);1H/b7-6+;. The number of nitro benzene ring substituents is 1. The summed E-state index contributed by atoms with van der Waals surface area (Å²) < 4.78 is 0. The number of para-hydroxylation sites is 1. The van der Waals surface area contributed by atoms with E-state index in [9.17, 15) is 10.1 Å². The number of hydrogen-bond acceptors (Lipinski definition) is 3. The summed E-state index contributed by atoms with van der Waals surface area (Å²) >= 11 is 0. The van der Waals surface area contributed by atoms with Crippen LogP contribution >= 0.6 is 12.4 Å². The van der Waals surface area contributed by atoms with Gasteiger partial charge in [0.2, 0.25) is 0 Å². The fourth-order valence-corrected chi connectivity index (χ4v) is 1.03. The molecule has 2 N–H and O–H groups in total. The number of nitrogens with zero attached hydrogens (tertiary/aromatic N) is 2. The van der Waals surface area contributed by atoms with E-state index in [-0.39, 0.29) is 18.1 Å². The van der Waals surface area contributed by atoms with Gasteiger partial charge in [0.15, 0.2) is 0 Å². The number of amidine groups is 1. The Morgan fingerprint density at radius 1 is 1.50 bits per heavy atom. The quantitative estimate of drug-likeness (QED) is 0.382. The van der Waals surface area contributed by atoms with Crippen LogP contribution in [-0.4, -0.2) is 10.8 Å². The van der Waals surface area contributed by atoms with Crippen molar-refractivity contribution in [3.63, 3.8) is 0 Å². The molecule has 0 saturated heterocycles. The highest BCUT2D eigenvalue weighted by Gasteiger charge is 2.08. The van der Waals surface area contributed by atoms with Crippen molar-refractivity contribution in [2.45, 2.75) is 6.92 Å². The van der Waals surface area contributed by atoms with Gasteiger partial charge in [-0.05, 0) is 19.1 Å². The van der Waals surface area contributed by atoms with Crippen molar-refractivity contribution in [3.8, 4) is 0 Å². The number of benzene rings is 1. The van der Waals surface area contributed by atoms with E-state index in [2.05, 4.69) is 4.99 Å². The van der Waals surface area contributed by atoms with Crippen LogP contribution in [0.15, 0.2) is 35.5 Å². The molecular weight excluding hydrogens is 230 g/mol.